The summed E-state index contributed by atoms with van der Waals surface area (Å²) in [6, 6.07) is 11.8. The van der Waals surface area contributed by atoms with Crippen LogP contribution in [0.1, 0.15) is 41.1 Å². The minimum Gasteiger partial charge on any atom is -0.350 e. The van der Waals surface area contributed by atoms with Gasteiger partial charge in [-0.25, -0.2) is 4.39 Å². The van der Waals surface area contributed by atoms with E-state index in [0.717, 1.165) is 29.5 Å². The molecule has 0 bridgehead atoms. The van der Waals surface area contributed by atoms with Crippen LogP contribution in [0.2, 0.25) is 0 Å². The molecule has 2 amide bonds. The third kappa shape index (κ3) is 3.59. The molecule has 5 heteroatoms. The van der Waals surface area contributed by atoms with Gasteiger partial charge in [0.25, 0.3) is 0 Å². The summed E-state index contributed by atoms with van der Waals surface area (Å²) in [7, 11) is 0. The van der Waals surface area contributed by atoms with Crippen LogP contribution < -0.4 is 5.32 Å². The van der Waals surface area contributed by atoms with Gasteiger partial charge in [0.15, 0.2) is 0 Å². The van der Waals surface area contributed by atoms with E-state index in [-0.39, 0.29) is 24.2 Å². The Labute approximate surface area is 158 Å². The molecule has 0 spiro atoms. The van der Waals surface area contributed by atoms with E-state index in [1.807, 2.05) is 37.3 Å². The fourth-order valence-corrected chi connectivity index (χ4v) is 3.77. The Bertz CT molecular complexity index is 871. The van der Waals surface area contributed by atoms with Gasteiger partial charge in [-0.2, -0.15) is 0 Å². The van der Waals surface area contributed by atoms with Gasteiger partial charge in [-0.15, -0.1) is 0 Å². The molecular formula is C22H23FN2O2. The highest BCUT2D eigenvalue weighted by Gasteiger charge is 2.39. The second-order valence-electron chi connectivity index (χ2n) is 7.52. The number of fused-ring (bicyclic) bond motifs is 1. The van der Waals surface area contributed by atoms with Gasteiger partial charge in [-0.3, -0.25) is 9.59 Å². The topological polar surface area (TPSA) is 49.4 Å². The largest absolute Gasteiger partial charge is 0.350 e. The van der Waals surface area contributed by atoms with E-state index in [1.165, 1.54) is 6.07 Å². The first-order valence-corrected chi connectivity index (χ1v) is 9.43. The summed E-state index contributed by atoms with van der Waals surface area (Å²) in [5.41, 5.74) is 3.05. The van der Waals surface area contributed by atoms with Crippen LogP contribution in [0.25, 0.3) is 0 Å². The van der Waals surface area contributed by atoms with E-state index in [9.17, 15) is 14.0 Å². The molecule has 2 aliphatic rings. The van der Waals surface area contributed by atoms with Crippen LogP contribution >= 0.6 is 0 Å². The lowest BCUT2D eigenvalue weighted by atomic mass is 9.91. The average Bonchev–Trinajstić information content (AvgIpc) is 3.46. The van der Waals surface area contributed by atoms with Crippen molar-refractivity contribution in [2.75, 3.05) is 6.54 Å². The van der Waals surface area contributed by atoms with Gasteiger partial charge in [0.2, 0.25) is 11.8 Å². The zero-order valence-corrected chi connectivity index (χ0v) is 15.4. The van der Waals surface area contributed by atoms with Crippen LogP contribution in [0.3, 0.4) is 0 Å². The highest BCUT2D eigenvalue weighted by molar-refractivity contribution is 5.92. The van der Waals surface area contributed by atoms with E-state index in [1.54, 1.807) is 11.0 Å². The molecule has 2 aromatic rings. The van der Waals surface area contributed by atoms with Crippen molar-refractivity contribution in [1.29, 1.82) is 0 Å². The number of rotatable bonds is 5. The van der Waals surface area contributed by atoms with Crippen molar-refractivity contribution >= 4 is 11.8 Å². The van der Waals surface area contributed by atoms with Crippen molar-refractivity contribution in [2.24, 2.45) is 5.92 Å². The Kier molecular flexibility index (Phi) is 4.68. The number of hydrogen-bond acceptors (Lipinski definition) is 2. The van der Waals surface area contributed by atoms with Crippen LogP contribution in [0.4, 0.5) is 4.39 Å². The molecule has 0 saturated heterocycles. The lowest BCUT2D eigenvalue weighted by Crippen LogP contribution is -2.48. The van der Waals surface area contributed by atoms with Gasteiger partial charge in [-0.05, 0) is 48.4 Å². The molecule has 2 aromatic carbocycles. The van der Waals surface area contributed by atoms with Crippen LogP contribution in [-0.4, -0.2) is 23.3 Å². The van der Waals surface area contributed by atoms with E-state index in [2.05, 4.69) is 5.32 Å². The smallest absolute Gasteiger partial charge is 0.247 e. The molecule has 1 N–H and O–H groups in total. The second-order valence-corrected chi connectivity index (χ2v) is 7.52. The van der Waals surface area contributed by atoms with Crippen molar-refractivity contribution in [3.63, 3.8) is 0 Å². The molecule has 1 fully saturated rings. The molecular weight excluding hydrogens is 343 g/mol. The number of nitrogens with zero attached hydrogens (tertiary/aromatic N) is 1. The summed E-state index contributed by atoms with van der Waals surface area (Å²) < 4.78 is 14.1. The molecule has 27 heavy (non-hydrogen) atoms. The first kappa shape index (κ1) is 17.7. The van der Waals surface area contributed by atoms with E-state index < -0.39 is 6.04 Å². The Morgan fingerprint density at radius 1 is 1.19 bits per heavy atom. The number of aryl methyl sites for hydroxylation is 1. The minimum atomic E-state index is -0.643. The number of halogens is 1. The number of hydrogen-bond donors (Lipinski definition) is 1. The Morgan fingerprint density at radius 2 is 1.96 bits per heavy atom. The van der Waals surface area contributed by atoms with Crippen molar-refractivity contribution in [1.82, 2.24) is 10.2 Å². The van der Waals surface area contributed by atoms with Gasteiger partial charge in [0.05, 0.1) is 6.42 Å². The molecule has 1 atom stereocenters. The van der Waals surface area contributed by atoms with Crippen molar-refractivity contribution in [3.8, 4) is 0 Å². The third-order valence-corrected chi connectivity index (χ3v) is 5.52. The van der Waals surface area contributed by atoms with Gasteiger partial charge in [0.1, 0.15) is 11.9 Å². The molecule has 0 radical (unpaired) electrons. The number of benzene rings is 2. The molecule has 0 unspecified atom stereocenters. The zero-order chi connectivity index (χ0) is 19.0. The molecule has 140 valence electrons. The van der Waals surface area contributed by atoms with Crippen molar-refractivity contribution in [3.05, 3.63) is 70.5 Å². The lowest BCUT2D eigenvalue weighted by molar-refractivity contribution is -0.142. The highest BCUT2D eigenvalue weighted by Crippen LogP contribution is 2.36. The van der Waals surface area contributed by atoms with Crippen molar-refractivity contribution in [2.45, 2.75) is 38.8 Å². The predicted molar refractivity (Wildman–Crippen MR) is 100 cm³/mol. The molecule has 0 aromatic heterocycles. The quantitative estimate of drug-likeness (QED) is 0.883. The number of carbonyl (C=O) groups excluding carboxylic acids is 2. The van der Waals surface area contributed by atoms with Gasteiger partial charge in [-0.1, -0.05) is 36.4 Å². The molecule has 4 rings (SSSR count). The monoisotopic (exact) mass is 366 g/mol. The Morgan fingerprint density at radius 3 is 2.70 bits per heavy atom. The number of carbonyl (C=O) groups is 2. The molecule has 1 saturated carbocycles. The molecule has 1 heterocycles. The lowest BCUT2D eigenvalue weighted by Gasteiger charge is -2.36. The SMILES string of the molecule is Cc1cccc(F)c1CNC(=O)[C@@H]1c2ccccc2CC(=O)N1CC1CC1. The Balaban J connectivity index is 1.59. The normalized spacial score (nSPS) is 19.0. The van der Waals surface area contributed by atoms with E-state index in [0.29, 0.717) is 24.4 Å². The summed E-state index contributed by atoms with van der Waals surface area (Å²) >= 11 is 0. The van der Waals surface area contributed by atoms with Gasteiger partial charge in [0, 0.05) is 18.7 Å². The zero-order valence-electron chi connectivity index (χ0n) is 15.4. The minimum absolute atomic E-state index is 0.0113. The fraction of sp³-hybridized carbons (Fsp3) is 0.364. The first-order valence-electron chi connectivity index (χ1n) is 9.43. The third-order valence-electron chi connectivity index (χ3n) is 5.52. The van der Waals surface area contributed by atoms with Crippen LogP contribution in [0, 0.1) is 18.7 Å². The maximum atomic E-state index is 14.1. The predicted octanol–water partition coefficient (Wildman–Crippen LogP) is 3.29. The maximum Gasteiger partial charge on any atom is 0.247 e. The second kappa shape index (κ2) is 7.14. The standard InChI is InChI=1S/C22H23FN2O2/c1-14-5-4-8-19(23)18(14)12-24-22(27)21-17-7-3-2-6-16(17)11-20(26)25(21)13-15-9-10-15/h2-8,15,21H,9-13H2,1H3,(H,24,27)/t21-/m0/s1. The first-order chi connectivity index (χ1) is 13.0. The van der Waals surface area contributed by atoms with Crippen LogP contribution in [0.5, 0.6) is 0 Å². The molecule has 1 aliphatic carbocycles. The van der Waals surface area contributed by atoms with E-state index >= 15 is 0 Å². The van der Waals surface area contributed by atoms with E-state index in [4.69, 9.17) is 0 Å². The highest BCUT2D eigenvalue weighted by atomic mass is 19.1. The Hall–Kier alpha value is -2.69. The summed E-state index contributed by atoms with van der Waals surface area (Å²) in [6.45, 7) is 2.55. The summed E-state index contributed by atoms with van der Waals surface area (Å²) in [5.74, 6) is -0.102. The fourth-order valence-electron chi connectivity index (χ4n) is 3.77. The summed E-state index contributed by atoms with van der Waals surface area (Å²) in [5, 5.41) is 2.86. The van der Waals surface area contributed by atoms with Crippen LogP contribution in [0.15, 0.2) is 42.5 Å². The summed E-state index contributed by atoms with van der Waals surface area (Å²) in [6.07, 6.45) is 2.54. The van der Waals surface area contributed by atoms with Gasteiger partial charge >= 0.3 is 0 Å². The van der Waals surface area contributed by atoms with Crippen LogP contribution in [-0.2, 0) is 22.6 Å². The van der Waals surface area contributed by atoms with Gasteiger partial charge < -0.3 is 10.2 Å². The molecule has 1 aliphatic heterocycles. The number of amides is 2. The van der Waals surface area contributed by atoms with Crippen molar-refractivity contribution < 1.29 is 14.0 Å². The molecule has 4 nitrogen and oxygen atoms in total. The summed E-state index contributed by atoms with van der Waals surface area (Å²) in [4.78, 5) is 27.5. The number of nitrogens with one attached hydrogen (secondary N) is 1. The average molecular weight is 366 g/mol. The maximum absolute atomic E-state index is 14.1.